The molecule has 0 aromatic carbocycles. The number of halogens is 3. The molecule has 5 nitrogen and oxygen atoms in total. The molecule has 0 amide bonds. The third-order valence-electron chi connectivity index (χ3n) is 10.1. The highest BCUT2D eigenvalue weighted by atomic mass is 32.2. The number of esters is 1. The first-order chi connectivity index (χ1) is 17.7. The molecule has 0 unspecified atom stereocenters. The Morgan fingerprint density at radius 1 is 1.18 bits per heavy atom. The van der Waals surface area contributed by atoms with Crippen LogP contribution in [-0.2, 0) is 19.1 Å². The van der Waals surface area contributed by atoms with Crippen molar-refractivity contribution < 1.29 is 37.4 Å². The number of carbonyl (C=O) groups excluding carboxylic acids is 3. The minimum Gasteiger partial charge on any atom is -0.447 e. The monoisotopic (exact) mass is 590 g/mol. The lowest BCUT2D eigenvalue weighted by Crippen LogP contribution is -2.71. The van der Waals surface area contributed by atoms with Gasteiger partial charge in [-0.1, -0.05) is 19.9 Å². The van der Waals surface area contributed by atoms with Crippen LogP contribution in [0.15, 0.2) is 23.8 Å². The lowest BCUT2D eigenvalue weighted by molar-refractivity contribution is -0.228. The van der Waals surface area contributed by atoms with Crippen molar-refractivity contribution in [2.45, 2.75) is 74.6 Å². The fraction of sp³-hybridized carbons (Fsp3) is 0.741. The minimum atomic E-state index is -2.32. The zero-order chi connectivity index (χ0) is 27.9. The van der Waals surface area contributed by atoms with Gasteiger partial charge in [-0.15, -0.1) is 23.5 Å². The second kappa shape index (κ2) is 9.31. The van der Waals surface area contributed by atoms with Gasteiger partial charge in [0.2, 0.25) is 5.12 Å². The van der Waals surface area contributed by atoms with Crippen molar-refractivity contribution in [2.75, 3.05) is 17.5 Å². The van der Waals surface area contributed by atoms with Crippen LogP contribution in [0.25, 0.3) is 0 Å². The van der Waals surface area contributed by atoms with Gasteiger partial charge in [0.1, 0.15) is 12.2 Å². The normalized spacial score (nSPS) is 47.1. The molecule has 1 aliphatic heterocycles. The third-order valence-corrected chi connectivity index (χ3v) is 14.0. The van der Waals surface area contributed by atoms with Gasteiger partial charge in [-0.25, -0.2) is 18.0 Å². The number of aliphatic hydroxyl groups is 1. The predicted octanol–water partition coefficient (Wildman–Crippen LogP) is 5.22. The van der Waals surface area contributed by atoms with Crippen LogP contribution in [0.5, 0.6) is 0 Å². The number of fused-ring (bicyclic) bond motifs is 5. The highest BCUT2D eigenvalue weighted by Gasteiger charge is 2.78. The number of ketones is 1. The number of allylic oxidation sites excluding steroid dienone is 4. The molecule has 210 valence electrons. The summed E-state index contributed by atoms with van der Waals surface area (Å²) in [6, 6.07) is -1.02. The highest BCUT2D eigenvalue weighted by molar-refractivity contribution is 8.22. The second-order valence-corrected chi connectivity index (χ2v) is 16.0. The number of thioether (sulfide) groups is 3. The molecular formula is C27H33F3O5S3. The number of hydrogen-bond acceptors (Lipinski definition) is 8. The summed E-state index contributed by atoms with van der Waals surface area (Å²) in [5.41, 5.74) is -6.94. The largest absolute Gasteiger partial charge is 0.447 e. The van der Waals surface area contributed by atoms with Gasteiger partial charge >= 0.3 is 5.97 Å². The topological polar surface area (TPSA) is 80.7 Å². The first kappa shape index (κ1) is 28.6. The molecule has 1 saturated heterocycles. The Morgan fingerprint density at radius 2 is 1.84 bits per heavy atom. The van der Waals surface area contributed by atoms with Crippen LogP contribution in [0.4, 0.5) is 13.2 Å². The van der Waals surface area contributed by atoms with Crippen molar-refractivity contribution in [1.29, 1.82) is 0 Å². The first-order valence-corrected chi connectivity index (χ1v) is 15.9. The van der Waals surface area contributed by atoms with Gasteiger partial charge in [-0.2, -0.15) is 0 Å². The summed E-state index contributed by atoms with van der Waals surface area (Å²) >= 11 is 3.24. The maximum atomic E-state index is 17.5. The van der Waals surface area contributed by atoms with Crippen LogP contribution in [0, 0.1) is 28.6 Å². The SMILES string of the molecule is C[C@@H]1C[C@H]2[C@@H]3C[C@H](F)C4=CC(=O)C=C[C@]4(C)[C@@]3(F)[C@@H](O)C[C@]2(C)[C@@]1(OC(=O)C1(C)SCCS1)C(=O)SCF. The van der Waals surface area contributed by atoms with Gasteiger partial charge in [0.05, 0.1) is 6.10 Å². The van der Waals surface area contributed by atoms with E-state index in [0.29, 0.717) is 11.8 Å². The Kier molecular flexibility index (Phi) is 7.01. The Morgan fingerprint density at radius 3 is 2.47 bits per heavy atom. The van der Waals surface area contributed by atoms with Crippen molar-refractivity contribution in [3.63, 3.8) is 0 Å². The van der Waals surface area contributed by atoms with Gasteiger partial charge in [0.25, 0.3) is 0 Å². The van der Waals surface area contributed by atoms with E-state index < -0.39 is 79.1 Å². The van der Waals surface area contributed by atoms with Crippen LogP contribution in [0.2, 0.25) is 0 Å². The maximum absolute atomic E-state index is 17.5. The van der Waals surface area contributed by atoms with E-state index in [1.165, 1.54) is 42.6 Å². The van der Waals surface area contributed by atoms with Crippen LogP contribution < -0.4 is 0 Å². The van der Waals surface area contributed by atoms with Gasteiger partial charge < -0.3 is 9.84 Å². The summed E-state index contributed by atoms with van der Waals surface area (Å²) in [5.74, 6) is -1.84. The predicted molar refractivity (Wildman–Crippen MR) is 144 cm³/mol. The molecule has 0 bridgehead atoms. The van der Waals surface area contributed by atoms with Crippen molar-refractivity contribution >= 4 is 52.2 Å². The Labute approximate surface area is 233 Å². The summed E-state index contributed by atoms with van der Waals surface area (Å²) < 4.78 is 52.0. The van der Waals surface area contributed by atoms with Gasteiger partial charge in [-0.05, 0) is 68.5 Å². The molecule has 9 atom stereocenters. The van der Waals surface area contributed by atoms with Crippen molar-refractivity contribution in [3.05, 3.63) is 23.8 Å². The second-order valence-electron chi connectivity index (χ2n) is 11.8. The summed E-state index contributed by atoms with van der Waals surface area (Å²) in [5, 5.41) is 10.9. The summed E-state index contributed by atoms with van der Waals surface area (Å²) in [7, 11) is 0. The van der Waals surface area contributed by atoms with Crippen LogP contribution in [0.1, 0.15) is 47.0 Å². The maximum Gasteiger partial charge on any atom is 0.333 e. The van der Waals surface area contributed by atoms with E-state index in [1.54, 1.807) is 20.8 Å². The summed E-state index contributed by atoms with van der Waals surface area (Å²) in [6.45, 7) is 6.68. The van der Waals surface area contributed by atoms with Gasteiger partial charge in [-0.3, -0.25) is 9.59 Å². The molecule has 5 aliphatic rings. The molecule has 5 rings (SSSR count). The molecule has 0 aromatic heterocycles. The number of aliphatic hydroxyl groups excluding tert-OH is 1. The first-order valence-electron chi connectivity index (χ1n) is 12.9. The van der Waals surface area contributed by atoms with Crippen LogP contribution >= 0.6 is 35.3 Å². The Bertz CT molecular complexity index is 1130. The summed E-state index contributed by atoms with van der Waals surface area (Å²) in [4.78, 5) is 39.4. The van der Waals surface area contributed by atoms with E-state index >= 15 is 8.78 Å². The lowest BCUT2D eigenvalue weighted by Gasteiger charge is -2.63. The molecule has 4 aliphatic carbocycles. The minimum absolute atomic E-state index is 0.0161. The fourth-order valence-electron chi connectivity index (χ4n) is 8.25. The van der Waals surface area contributed by atoms with Crippen LogP contribution in [-0.4, -0.2) is 67.1 Å². The van der Waals surface area contributed by atoms with Crippen molar-refractivity contribution in [3.8, 4) is 0 Å². The number of alkyl halides is 3. The third kappa shape index (κ3) is 3.56. The zero-order valence-electron chi connectivity index (χ0n) is 21.8. The molecule has 11 heteroatoms. The molecule has 4 fully saturated rings. The molecule has 0 aromatic rings. The molecule has 0 spiro atoms. The number of hydrogen-bond donors (Lipinski definition) is 1. The van der Waals surface area contributed by atoms with Crippen molar-refractivity contribution in [1.82, 2.24) is 0 Å². The molecule has 3 saturated carbocycles. The average molecular weight is 591 g/mol. The zero-order valence-corrected chi connectivity index (χ0v) is 24.2. The molecule has 0 radical (unpaired) electrons. The van der Waals surface area contributed by atoms with E-state index in [1.807, 2.05) is 0 Å². The Hall–Kier alpha value is -0.910. The van der Waals surface area contributed by atoms with Gasteiger partial charge in [0.15, 0.2) is 21.1 Å². The van der Waals surface area contributed by atoms with E-state index in [0.717, 1.165) is 17.6 Å². The van der Waals surface area contributed by atoms with Crippen molar-refractivity contribution in [2.24, 2.45) is 28.6 Å². The van der Waals surface area contributed by atoms with Gasteiger partial charge in [0, 0.05) is 34.2 Å². The average Bonchev–Trinajstić information content (AvgIpc) is 3.39. The van der Waals surface area contributed by atoms with E-state index in [-0.39, 0.29) is 24.8 Å². The lowest BCUT2D eigenvalue weighted by atomic mass is 9.44. The van der Waals surface area contributed by atoms with E-state index in [9.17, 15) is 23.9 Å². The van der Waals surface area contributed by atoms with E-state index in [2.05, 4.69) is 0 Å². The standard InChI is InChI=1S/C27H33F3O5S3/c1-14-9-16-17-11-19(29)18-10-15(31)5-6-23(18,2)26(17,30)20(32)12-24(16,3)27(14,22(34)36-13-28)35-21(33)25(4)37-7-8-38-25/h5-6,10,14,16-17,19-20,32H,7-9,11-13H2,1-4H3/t14-,16+,17+,19+,20+,23+,24+,26+,27+/m1/s1. The number of rotatable bonds is 4. The molecule has 1 N–H and O–H groups in total. The Balaban J connectivity index is 1.62. The fourth-order valence-corrected chi connectivity index (χ4v) is 11.6. The smallest absolute Gasteiger partial charge is 0.333 e. The quantitative estimate of drug-likeness (QED) is 0.447. The summed E-state index contributed by atoms with van der Waals surface area (Å²) in [6.07, 6.45) is 0.165. The molecular weight excluding hydrogens is 557 g/mol. The number of carbonyl (C=O) groups is 3. The highest BCUT2D eigenvalue weighted by Crippen LogP contribution is 2.72. The van der Waals surface area contributed by atoms with Crippen LogP contribution in [0.3, 0.4) is 0 Å². The molecule has 38 heavy (non-hydrogen) atoms. The van der Waals surface area contributed by atoms with E-state index in [4.69, 9.17) is 4.74 Å². The molecule has 1 heterocycles. The number of ether oxygens (including phenoxy) is 1.